The number of aromatic nitrogens is 2. The molecule has 2 aromatic rings. The van der Waals surface area contributed by atoms with Crippen LogP contribution in [0.4, 0.5) is 0 Å². The van der Waals surface area contributed by atoms with E-state index in [1.54, 1.807) is 6.20 Å². The van der Waals surface area contributed by atoms with Crippen molar-refractivity contribution in [3.8, 4) is 5.75 Å². The van der Waals surface area contributed by atoms with Crippen LogP contribution in [0.25, 0.3) is 0 Å². The van der Waals surface area contributed by atoms with E-state index in [-0.39, 0.29) is 6.61 Å². The molecule has 1 N–H and O–H groups in total. The molecule has 0 amide bonds. The van der Waals surface area contributed by atoms with Gasteiger partial charge in [-0.2, -0.15) is 5.10 Å². The molecule has 0 atom stereocenters. The van der Waals surface area contributed by atoms with Crippen LogP contribution in [0.1, 0.15) is 11.3 Å². The molecule has 0 aliphatic rings. The maximum absolute atomic E-state index is 8.99. The molecule has 96 valence electrons. The lowest BCUT2D eigenvalue weighted by Crippen LogP contribution is -2.07. The number of nitrogens with zero attached hydrogens (tertiary/aromatic N) is 2. The van der Waals surface area contributed by atoms with Gasteiger partial charge < -0.3 is 9.84 Å². The van der Waals surface area contributed by atoms with Gasteiger partial charge in [-0.1, -0.05) is 18.2 Å². The number of rotatable bonds is 6. The van der Waals surface area contributed by atoms with E-state index < -0.39 is 0 Å². The van der Waals surface area contributed by atoms with Crippen molar-refractivity contribution in [3.63, 3.8) is 0 Å². The van der Waals surface area contributed by atoms with Gasteiger partial charge in [0.1, 0.15) is 5.75 Å². The Morgan fingerprint density at radius 3 is 2.78 bits per heavy atom. The van der Waals surface area contributed by atoms with E-state index in [9.17, 15) is 0 Å². The summed E-state index contributed by atoms with van der Waals surface area (Å²) in [5.41, 5.74) is 2.19. The molecule has 1 aromatic carbocycles. The summed E-state index contributed by atoms with van der Waals surface area (Å²) >= 11 is 0. The van der Waals surface area contributed by atoms with Crippen molar-refractivity contribution in [1.29, 1.82) is 0 Å². The molecular weight excluding hydrogens is 228 g/mol. The van der Waals surface area contributed by atoms with Crippen LogP contribution in [0.15, 0.2) is 36.5 Å². The third kappa shape index (κ3) is 3.11. The second-order valence-electron chi connectivity index (χ2n) is 4.13. The van der Waals surface area contributed by atoms with Gasteiger partial charge in [0.25, 0.3) is 0 Å². The van der Waals surface area contributed by atoms with Crippen LogP contribution >= 0.6 is 0 Å². The molecule has 0 spiro atoms. The third-order valence-electron chi connectivity index (χ3n) is 2.89. The average Bonchev–Trinajstić information content (AvgIpc) is 2.78. The van der Waals surface area contributed by atoms with Crippen molar-refractivity contribution in [3.05, 3.63) is 47.8 Å². The van der Waals surface area contributed by atoms with Crippen molar-refractivity contribution in [2.45, 2.75) is 12.8 Å². The normalized spacial score (nSPS) is 10.6. The number of ether oxygens (including phenoxy) is 1. The molecule has 2 rings (SSSR count). The van der Waals surface area contributed by atoms with Crippen LogP contribution in [-0.4, -0.2) is 28.1 Å². The highest BCUT2D eigenvalue weighted by atomic mass is 16.5. The Morgan fingerprint density at radius 1 is 1.22 bits per heavy atom. The predicted molar refractivity (Wildman–Crippen MR) is 69.6 cm³/mol. The van der Waals surface area contributed by atoms with E-state index in [0.717, 1.165) is 23.4 Å². The van der Waals surface area contributed by atoms with Crippen molar-refractivity contribution >= 4 is 0 Å². The van der Waals surface area contributed by atoms with Crippen LogP contribution in [0, 0.1) is 0 Å². The molecule has 0 aliphatic heterocycles. The molecular formula is C14H18N2O2. The maximum atomic E-state index is 8.99. The minimum absolute atomic E-state index is 0.141. The molecule has 1 aromatic heterocycles. The Hall–Kier alpha value is -1.81. The number of aliphatic hydroxyl groups is 1. The summed E-state index contributed by atoms with van der Waals surface area (Å²) < 4.78 is 7.62. The van der Waals surface area contributed by atoms with Crippen molar-refractivity contribution < 1.29 is 9.84 Å². The topological polar surface area (TPSA) is 47.3 Å². The van der Waals surface area contributed by atoms with E-state index in [4.69, 9.17) is 9.84 Å². The molecule has 0 saturated carbocycles. The molecule has 4 heteroatoms. The molecule has 0 saturated heterocycles. The van der Waals surface area contributed by atoms with Crippen molar-refractivity contribution in [2.24, 2.45) is 7.05 Å². The Balaban J connectivity index is 1.92. The van der Waals surface area contributed by atoms with Gasteiger partial charge in [0.2, 0.25) is 0 Å². The van der Waals surface area contributed by atoms with Gasteiger partial charge in [0.05, 0.1) is 6.61 Å². The second-order valence-corrected chi connectivity index (χ2v) is 4.13. The van der Waals surface area contributed by atoms with E-state index in [0.29, 0.717) is 13.0 Å². The van der Waals surface area contributed by atoms with Crippen molar-refractivity contribution in [2.75, 3.05) is 13.2 Å². The predicted octanol–water partition coefficient (Wildman–Crippen LogP) is 1.58. The molecule has 0 radical (unpaired) electrons. The average molecular weight is 246 g/mol. The fourth-order valence-electron chi connectivity index (χ4n) is 1.88. The molecule has 0 fully saturated rings. The number of para-hydroxylation sites is 1. The fraction of sp³-hybridized carbons (Fsp3) is 0.357. The standard InChI is InChI=1S/C14H18N2O2/c1-16-13(6-9-15-16)8-11-18-14-5-3-2-4-12(14)7-10-17/h2-6,9,17H,7-8,10-11H2,1H3. The van der Waals surface area contributed by atoms with Crippen molar-refractivity contribution in [1.82, 2.24) is 9.78 Å². The van der Waals surface area contributed by atoms with Gasteiger partial charge in [-0.05, 0) is 24.1 Å². The Labute approximate surface area is 107 Å². The van der Waals surface area contributed by atoms with Crippen LogP contribution < -0.4 is 4.74 Å². The van der Waals surface area contributed by atoms with Crippen LogP contribution in [0.2, 0.25) is 0 Å². The molecule has 4 nitrogen and oxygen atoms in total. The number of aryl methyl sites for hydroxylation is 1. The smallest absolute Gasteiger partial charge is 0.122 e. The summed E-state index contributed by atoms with van der Waals surface area (Å²) in [5.74, 6) is 0.855. The lowest BCUT2D eigenvalue weighted by Gasteiger charge is -2.10. The summed E-state index contributed by atoms with van der Waals surface area (Å²) in [4.78, 5) is 0. The zero-order chi connectivity index (χ0) is 12.8. The third-order valence-corrected chi connectivity index (χ3v) is 2.89. The number of benzene rings is 1. The Morgan fingerprint density at radius 2 is 2.06 bits per heavy atom. The first kappa shape index (κ1) is 12.6. The first-order valence-corrected chi connectivity index (χ1v) is 6.09. The Kier molecular flexibility index (Phi) is 4.36. The van der Waals surface area contributed by atoms with Gasteiger partial charge in [-0.25, -0.2) is 0 Å². The van der Waals surface area contributed by atoms with Crippen LogP contribution in [0.5, 0.6) is 5.75 Å². The largest absolute Gasteiger partial charge is 0.493 e. The monoisotopic (exact) mass is 246 g/mol. The van der Waals surface area contributed by atoms with Gasteiger partial charge in [-0.3, -0.25) is 4.68 Å². The van der Waals surface area contributed by atoms with Crippen LogP contribution in [0.3, 0.4) is 0 Å². The summed E-state index contributed by atoms with van der Waals surface area (Å²) in [6.45, 7) is 0.754. The van der Waals surface area contributed by atoms with Gasteiger partial charge in [-0.15, -0.1) is 0 Å². The van der Waals surface area contributed by atoms with Gasteiger partial charge in [0, 0.05) is 32.0 Å². The molecule has 18 heavy (non-hydrogen) atoms. The summed E-state index contributed by atoms with van der Waals surface area (Å²) in [5, 5.41) is 13.1. The number of hydrogen-bond donors (Lipinski definition) is 1. The minimum Gasteiger partial charge on any atom is -0.493 e. The summed E-state index contributed by atoms with van der Waals surface area (Å²) in [7, 11) is 1.93. The highest BCUT2D eigenvalue weighted by molar-refractivity contribution is 5.33. The van der Waals surface area contributed by atoms with E-state index in [1.807, 2.05) is 42.1 Å². The molecule has 0 unspecified atom stereocenters. The molecule has 1 heterocycles. The zero-order valence-electron chi connectivity index (χ0n) is 10.5. The van der Waals surface area contributed by atoms with E-state index >= 15 is 0 Å². The van der Waals surface area contributed by atoms with Gasteiger partial charge >= 0.3 is 0 Å². The number of aliphatic hydroxyl groups excluding tert-OH is 1. The lowest BCUT2D eigenvalue weighted by molar-refractivity contribution is 0.288. The fourth-order valence-corrected chi connectivity index (χ4v) is 1.88. The van der Waals surface area contributed by atoms with E-state index in [2.05, 4.69) is 5.10 Å². The SMILES string of the molecule is Cn1nccc1CCOc1ccccc1CCO. The highest BCUT2D eigenvalue weighted by Crippen LogP contribution is 2.18. The zero-order valence-corrected chi connectivity index (χ0v) is 10.5. The lowest BCUT2D eigenvalue weighted by atomic mass is 10.1. The number of hydrogen-bond acceptors (Lipinski definition) is 3. The first-order valence-electron chi connectivity index (χ1n) is 6.09. The highest BCUT2D eigenvalue weighted by Gasteiger charge is 2.03. The van der Waals surface area contributed by atoms with E-state index in [1.165, 1.54) is 0 Å². The maximum Gasteiger partial charge on any atom is 0.122 e. The summed E-state index contributed by atoms with van der Waals surface area (Å²) in [6.07, 6.45) is 3.24. The second kappa shape index (κ2) is 6.21. The molecule has 0 bridgehead atoms. The quantitative estimate of drug-likeness (QED) is 0.841. The summed E-state index contributed by atoms with van der Waals surface area (Å²) in [6, 6.07) is 9.81. The first-order chi connectivity index (χ1) is 8.81. The minimum atomic E-state index is 0.141. The Bertz CT molecular complexity index is 494. The molecule has 0 aliphatic carbocycles. The van der Waals surface area contributed by atoms with Gasteiger partial charge in [0.15, 0.2) is 0 Å². The van der Waals surface area contributed by atoms with Crippen LogP contribution in [-0.2, 0) is 19.9 Å².